The van der Waals surface area contributed by atoms with Crippen LogP contribution in [-0.2, 0) is 19.1 Å². The second-order valence-electron chi connectivity index (χ2n) is 27.8. The molecule has 0 heterocycles. The van der Waals surface area contributed by atoms with Gasteiger partial charge in [-0.2, -0.15) is 0 Å². The summed E-state index contributed by atoms with van der Waals surface area (Å²) in [4.78, 5) is 24.7. The highest BCUT2D eigenvalue weighted by Crippen LogP contribution is 2.20. The predicted molar refractivity (Wildman–Crippen MR) is 399 cm³/mol. The second-order valence-corrected chi connectivity index (χ2v) is 27.8. The van der Waals surface area contributed by atoms with Crippen molar-refractivity contribution in [2.75, 3.05) is 13.2 Å². The van der Waals surface area contributed by atoms with Crippen LogP contribution in [0.4, 0.5) is 0 Å². The Morgan fingerprint density at radius 3 is 0.667 bits per heavy atom. The number of ether oxygens (including phenoxy) is 2. The maximum absolute atomic E-state index is 12.4. The minimum atomic E-state index is -0.771. The lowest BCUT2D eigenvalue weighted by atomic mass is 10.0. The van der Waals surface area contributed by atoms with E-state index in [-0.39, 0.29) is 25.2 Å². The van der Waals surface area contributed by atoms with Crippen molar-refractivity contribution in [3.05, 3.63) is 60.8 Å². The first-order chi connectivity index (χ1) is 44.6. The normalized spacial score (nSPS) is 12.4. The molecular formula is C85H158O5. The van der Waals surface area contributed by atoms with Crippen LogP contribution in [0.3, 0.4) is 0 Å². The average Bonchev–Trinajstić information content (AvgIpc) is 3.60. The number of esters is 2. The van der Waals surface area contributed by atoms with Crippen molar-refractivity contribution in [2.45, 2.75) is 457 Å². The third-order valence-electron chi connectivity index (χ3n) is 18.8. The number of rotatable bonds is 77. The molecule has 1 unspecified atom stereocenters. The molecule has 0 aromatic carbocycles. The molecular weight excluding hydrogens is 1100 g/mol. The molecule has 0 spiro atoms. The number of hydrogen-bond acceptors (Lipinski definition) is 5. The largest absolute Gasteiger partial charge is 0.462 e. The van der Waals surface area contributed by atoms with Gasteiger partial charge in [0.25, 0.3) is 0 Å². The van der Waals surface area contributed by atoms with Crippen LogP contribution in [0.5, 0.6) is 0 Å². The van der Waals surface area contributed by atoms with Crippen molar-refractivity contribution in [3.8, 4) is 0 Å². The highest BCUT2D eigenvalue weighted by molar-refractivity contribution is 5.70. The zero-order chi connectivity index (χ0) is 64.7. The Kier molecular flexibility index (Phi) is 78.7. The van der Waals surface area contributed by atoms with Gasteiger partial charge in [-0.3, -0.25) is 9.59 Å². The molecule has 90 heavy (non-hydrogen) atoms. The standard InChI is InChI=1S/C85H158O5/c1-3-5-7-9-11-13-15-17-19-21-23-25-27-29-31-33-35-37-39-40-41-42-43-44-46-48-50-52-54-56-58-60-62-64-66-68-70-72-74-76-78-80-85(88)90-83(81-86)82-89-84(87)79-77-75-73-71-69-67-65-63-61-59-57-55-53-51-49-47-45-38-36-34-32-30-28-26-24-22-20-18-16-14-12-10-8-6-4-2/h15-18,21-24,27,29,83,86H,3-14,19-20,25-26,28,30-82H2,1-2H3/b17-15-,18-16-,23-21-,24-22-,29-27-. The molecule has 0 aliphatic rings. The number of unbranched alkanes of at least 4 members (excludes halogenated alkanes) is 59. The summed E-state index contributed by atoms with van der Waals surface area (Å²) in [6.07, 6.45) is 112. The topological polar surface area (TPSA) is 72.8 Å². The van der Waals surface area contributed by atoms with Crippen LogP contribution in [0.2, 0.25) is 0 Å². The number of carbonyl (C=O) groups is 2. The molecule has 0 amide bonds. The zero-order valence-electron chi connectivity index (χ0n) is 60.9. The molecule has 0 bridgehead atoms. The summed E-state index contributed by atoms with van der Waals surface area (Å²) in [5.41, 5.74) is 0. The third-order valence-corrected chi connectivity index (χ3v) is 18.8. The fourth-order valence-corrected chi connectivity index (χ4v) is 12.7. The van der Waals surface area contributed by atoms with Crippen molar-refractivity contribution in [2.24, 2.45) is 0 Å². The monoisotopic (exact) mass is 1260 g/mol. The number of hydrogen-bond donors (Lipinski definition) is 1. The van der Waals surface area contributed by atoms with Crippen molar-refractivity contribution in [3.63, 3.8) is 0 Å². The van der Waals surface area contributed by atoms with Crippen LogP contribution in [0, 0.1) is 0 Å². The van der Waals surface area contributed by atoms with E-state index < -0.39 is 6.10 Å². The molecule has 0 saturated carbocycles. The van der Waals surface area contributed by atoms with E-state index in [1.807, 2.05) is 0 Å². The number of aliphatic hydroxyl groups excluding tert-OH is 1. The lowest BCUT2D eigenvalue weighted by molar-refractivity contribution is -0.161. The van der Waals surface area contributed by atoms with Gasteiger partial charge in [0.2, 0.25) is 0 Å². The van der Waals surface area contributed by atoms with Gasteiger partial charge < -0.3 is 14.6 Å². The van der Waals surface area contributed by atoms with Gasteiger partial charge in [0.1, 0.15) is 6.61 Å². The Bertz CT molecular complexity index is 1520. The molecule has 0 saturated heterocycles. The maximum Gasteiger partial charge on any atom is 0.306 e. The fourth-order valence-electron chi connectivity index (χ4n) is 12.7. The molecule has 0 aliphatic carbocycles. The van der Waals surface area contributed by atoms with Gasteiger partial charge in [0.15, 0.2) is 6.10 Å². The van der Waals surface area contributed by atoms with E-state index in [0.717, 1.165) is 51.4 Å². The number of allylic oxidation sites excluding steroid dienone is 10. The molecule has 0 aromatic rings. The van der Waals surface area contributed by atoms with E-state index in [0.29, 0.717) is 12.8 Å². The quantitative estimate of drug-likeness (QED) is 0.0373. The maximum atomic E-state index is 12.4. The molecule has 5 heteroatoms. The molecule has 0 rings (SSSR count). The number of aliphatic hydroxyl groups is 1. The van der Waals surface area contributed by atoms with Gasteiger partial charge in [0.05, 0.1) is 6.61 Å². The van der Waals surface area contributed by atoms with E-state index >= 15 is 0 Å². The fraction of sp³-hybridized carbons (Fsp3) is 0.859. The molecule has 5 nitrogen and oxygen atoms in total. The summed E-state index contributed by atoms with van der Waals surface area (Å²) in [6.45, 7) is 4.18. The Labute approximate surface area is 563 Å². The predicted octanol–water partition coefficient (Wildman–Crippen LogP) is 28.8. The van der Waals surface area contributed by atoms with Crippen LogP contribution in [0.25, 0.3) is 0 Å². The summed E-state index contributed by atoms with van der Waals surface area (Å²) < 4.78 is 10.8. The first-order valence-corrected chi connectivity index (χ1v) is 40.8. The average molecular weight is 1260 g/mol. The van der Waals surface area contributed by atoms with Crippen LogP contribution in [-0.4, -0.2) is 36.4 Å². The van der Waals surface area contributed by atoms with Crippen molar-refractivity contribution in [1.82, 2.24) is 0 Å². The Morgan fingerprint density at radius 1 is 0.256 bits per heavy atom. The van der Waals surface area contributed by atoms with Gasteiger partial charge in [-0.05, 0) is 83.5 Å². The van der Waals surface area contributed by atoms with Crippen LogP contribution in [0.1, 0.15) is 450 Å². The Hall–Kier alpha value is -2.40. The summed E-state index contributed by atoms with van der Waals surface area (Å²) in [7, 11) is 0. The van der Waals surface area contributed by atoms with E-state index in [9.17, 15) is 14.7 Å². The summed E-state index contributed by atoms with van der Waals surface area (Å²) >= 11 is 0. The first kappa shape index (κ1) is 87.6. The first-order valence-electron chi connectivity index (χ1n) is 40.8. The van der Waals surface area contributed by atoms with E-state index in [1.165, 1.54) is 372 Å². The van der Waals surface area contributed by atoms with Crippen molar-refractivity contribution >= 4 is 11.9 Å². The van der Waals surface area contributed by atoms with Crippen LogP contribution < -0.4 is 0 Å². The molecule has 1 atom stereocenters. The third kappa shape index (κ3) is 78.0. The minimum Gasteiger partial charge on any atom is -0.462 e. The molecule has 0 aromatic heterocycles. The van der Waals surface area contributed by atoms with Crippen LogP contribution in [0.15, 0.2) is 60.8 Å². The lowest BCUT2D eigenvalue weighted by Crippen LogP contribution is -2.28. The highest BCUT2D eigenvalue weighted by Gasteiger charge is 2.16. The highest BCUT2D eigenvalue weighted by atomic mass is 16.6. The van der Waals surface area contributed by atoms with Gasteiger partial charge in [0, 0.05) is 12.8 Å². The van der Waals surface area contributed by atoms with Gasteiger partial charge in [-0.25, -0.2) is 0 Å². The lowest BCUT2D eigenvalue weighted by Gasteiger charge is -2.15. The van der Waals surface area contributed by atoms with Crippen molar-refractivity contribution in [1.29, 1.82) is 0 Å². The molecule has 0 fully saturated rings. The van der Waals surface area contributed by atoms with Crippen molar-refractivity contribution < 1.29 is 24.2 Å². The SMILES string of the molecule is CCCCCCC/C=C\C/C=C\C/C=C\CCCCCCCCCCCCCCCCCCCCCCCCCCCCC(=O)OC(CO)COC(=O)CCCCCCCCCCCCCCCCCCCCCCCCC/C=C\C/C=C\CCCCCCC. The molecule has 0 radical (unpaired) electrons. The Balaban J connectivity index is 3.37. The van der Waals surface area contributed by atoms with Gasteiger partial charge in [-0.1, -0.05) is 415 Å². The zero-order valence-corrected chi connectivity index (χ0v) is 60.9. The van der Waals surface area contributed by atoms with Gasteiger partial charge >= 0.3 is 11.9 Å². The second kappa shape index (κ2) is 80.8. The molecule has 528 valence electrons. The molecule has 1 N–H and O–H groups in total. The van der Waals surface area contributed by atoms with E-state index in [4.69, 9.17) is 9.47 Å². The van der Waals surface area contributed by atoms with Crippen LogP contribution >= 0.6 is 0 Å². The Morgan fingerprint density at radius 2 is 0.444 bits per heavy atom. The summed E-state index contributed by atoms with van der Waals surface area (Å²) in [5, 5.41) is 9.73. The summed E-state index contributed by atoms with van der Waals surface area (Å²) in [6, 6.07) is 0. The smallest absolute Gasteiger partial charge is 0.306 e. The molecule has 0 aliphatic heterocycles. The van der Waals surface area contributed by atoms with Gasteiger partial charge in [-0.15, -0.1) is 0 Å². The minimum absolute atomic E-state index is 0.0594. The summed E-state index contributed by atoms with van der Waals surface area (Å²) in [5.74, 6) is -0.563. The van der Waals surface area contributed by atoms with E-state index in [2.05, 4.69) is 74.6 Å². The number of carbonyl (C=O) groups excluding carboxylic acids is 2. The van der Waals surface area contributed by atoms with E-state index in [1.54, 1.807) is 0 Å².